The number of thiophene rings is 1. The first-order chi connectivity index (χ1) is 15.7. The third-order valence-electron chi connectivity index (χ3n) is 5.77. The molecule has 0 unspecified atom stereocenters. The van der Waals surface area contributed by atoms with E-state index in [1.807, 2.05) is 0 Å². The molecule has 0 saturated carbocycles. The van der Waals surface area contributed by atoms with Gasteiger partial charge in [-0.05, 0) is 43.0 Å². The van der Waals surface area contributed by atoms with Crippen LogP contribution >= 0.6 is 11.3 Å². The van der Waals surface area contributed by atoms with Gasteiger partial charge in [0, 0.05) is 31.9 Å². The smallest absolute Gasteiger partial charge is 0.376 e. The van der Waals surface area contributed by atoms with Crippen LogP contribution in [-0.4, -0.2) is 70.4 Å². The summed E-state index contributed by atoms with van der Waals surface area (Å²) in [7, 11) is -7.33. The predicted molar refractivity (Wildman–Crippen MR) is 124 cm³/mol. The fourth-order valence-electron chi connectivity index (χ4n) is 3.56. The van der Waals surface area contributed by atoms with E-state index < -0.39 is 37.9 Å². The van der Waals surface area contributed by atoms with Crippen molar-refractivity contribution in [1.82, 2.24) is 9.03 Å². The predicted octanol–water partition coefficient (Wildman–Crippen LogP) is 2.34. The number of nitrogens with one attached hydrogen (secondary N) is 1. The van der Waals surface area contributed by atoms with Gasteiger partial charge in [-0.3, -0.25) is 0 Å². The van der Waals surface area contributed by atoms with E-state index in [2.05, 4.69) is 4.72 Å². The number of hydrogen-bond acceptors (Lipinski definition) is 7. The highest BCUT2D eigenvalue weighted by molar-refractivity contribution is 7.91. The SMILES string of the molecule is CCS(=O)(=O)NC[C@H]1CN(S(=O)(=O)c2cccs2)CCN1c1ccc([C@](C)(O)C(F)(F)F)cc1. The van der Waals surface area contributed by atoms with Gasteiger partial charge in [-0.2, -0.15) is 17.5 Å². The standard InChI is InChI=1S/C20H26F3N3O5S3/c1-3-33(28,29)24-13-17-14-25(34(30,31)18-5-4-12-32-18)10-11-26(17)16-8-6-15(7-9-16)19(2,27)20(21,22)23/h4-9,12,17,24,27H,3,10-11,13-14H2,1-2H3/t17-,19-/m0/s1. The van der Waals surface area contributed by atoms with Crippen molar-refractivity contribution < 1.29 is 35.1 Å². The van der Waals surface area contributed by atoms with Crippen molar-refractivity contribution >= 4 is 37.1 Å². The zero-order valence-corrected chi connectivity index (χ0v) is 20.9. The highest BCUT2D eigenvalue weighted by Gasteiger charge is 2.51. The molecule has 0 radical (unpaired) electrons. The molecule has 1 aliphatic heterocycles. The molecule has 190 valence electrons. The molecule has 1 aromatic carbocycles. The summed E-state index contributed by atoms with van der Waals surface area (Å²) in [5, 5.41) is 11.5. The van der Waals surface area contributed by atoms with E-state index in [0.717, 1.165) is 23.5 Å². The number of alkyl halides is 3. The molecule has 2 aromatic rings. The summed E-state index contributed by atoms with van der Waals surface area (Å²) < 4.78 is 93.4. The van der Waals surface area contributed by atoms with Gasteiger partial charge in [-0.25, -0.2) is 21.6 Å². The summed E-state index contributed by atoms with van der Waals surface area (Å²) in [4.78, 5) is 1.75. The van der Waals surface area contributed by atoms with E-state index in [9.17, 15) is 35.1 Å². The number of nitrogens with zero attached hydrogens (tertiary/aromatic N) is 2. The fraction of sp³-hybridized carbons (Fsp3) is 0.500. The molecule has 0 aliphatic carbocycles. The summed E-state index contributed by atoms with van der Waals surface area (Å²) in [5.74, 6) is -0.155. The molecule has 3 rings (SSSR count). The summed E-state index contributed by atoms with van der Waals surface area (Å²) in [6.45, 7) is 2.33. The molecular weight excluding hydrogens is 515 g/mol. The van der Waals surface area contributed by atoms with Crippen molar-refractivity contribution in [2.75, 3.05) is 36.8 Å². The summed E-state index contributed by atoms with van der Waals surface area (Å²) in [6.07, 6.45) is -4.86. The van der Waals surface area contributed by atoms with Crippen molar-refractivity contribution in [3.63, 3.8) is 0 Å². The maximum absolute atomic E-state index is 13.2. The molecule has 2 atom stereocenters. The minimum atomic E-state index is -4.86. The van der Waals surface area contributed by atoms with E-state index in [0.29, 0.717) is 12.6 Å². The summed E-state index contributed by atoms with van der Waals surface area (Å²) in [6, 6.07) is 7.62. The van der Waals surface area contributed by atoms with Crippen LogP contribution in [-0.2, 0) is 25.6 Å². The monoisotopic (exact) mass is 541 g/mol. The van der Waals surface area contributed by atoms with Crippen LogP contribution in [0.1, 0.15) is 19.4 Å². The molecule has 0 spiro atoms. The number of anilines is 1. The maximum Gasteiger partial charge on any atom is 0.421 e. The first kappa shape index (κ1) is 26.9. The molecule has 14 heteroatoms. The molecule has 34 heavy (non-hydrogen) atoms. The minimum Gasteiger partial charge on any atom is -0.376 e. The Hall–Kier alpha value is -1.71. The molecule has 2 heterocycles. The van der Waals surface area contributed by atoms with Crippen molar-refractivity contribution in [1.29, 1.82) is 0 Å². The van der Waals surface area contributed by atoms with E-state index in [1.54, 1.807) is 16.3 Å². The highest BCUT2D eigenvalue weighted by atomic mass is 32.2. The van der Waals surface area contributed by atoms with Gasteiger partial charge in [0.2, 0.25) is 10.0 Å². The topological polar surface area (TPSA) is 107 Å². The van der Waals surface area contributed by atoms with Gasteiger partial charge in [0.05, 0.1) is 11.8 Å². The minimum absolute atomic E-state index is 0.0194. The van der Waals surface area contributed by atoms with E-state index in [-0.39, 0.29) is 41.7 Å². The highest BCUT2D eigenvalue weighted by Crippen LogP contribution is 2.39. The average molecular weight is 542 g/mol. The molecule has 1 aromatic heterocycles. The van der Waals surface area contributed by atoms with Crippen molar-refractivity contribution in [3.8, 4) is 0 Å². The first-order valence-electron chi connectivity index (χ1n) is 10.4. The quantitative estimate of drug-likeness (QED) is 0.532. The molecule has 2 N–H and O–H groups in total. The van der Waals surface area contributed by atoms with Crippen LogP contribution in [0.25, 0.3) is 0 Å². The Morgan fingerprint density at radius 1 is 1.12 bits per heavy atom. The summed E-state index contributed by atoms with van der Waals surface area (Å²) in [5.41, 5.74) is -2.89. The first-order valence-corrected chi connectivity index (χ1v) is 14.3. The van der Waals surface area contributed by atoms with E-state index in [4.69, 9.17) is 0 Å². The third kappa shape index (κ3) is 5.57. The van der Waals surface area contributed by atoms with Crippen molar-refractivity contribution in [3.05, 3.63) is 47.3 Å². The maximum atomic E-state index is 13.2. The number of rotatable bonds is 8. The molecule has 8 nitrogen and oxygen atoms in total. The van der Waals surface area contributed by atoms with Gasteiger partial charge >= 0.3 is 6.18 Å². The van der Waals surface area contributed by atoms with Gasteiger partial charge in [0.1, 0.15) is 4.21 Å². The molecule has 1 aliphatic rings. The lowest BCUT2D eigenvalue weighted by atomic mass is 9.95. The number of halogens is 3. The van der Waals surface area contributed by atoms with Gasteiger partial charge < -0.3 is 10.0 Å². The Morgan fingerprint density at radius 3 is 2.29 bits per heavy atom. The second-order valence-corrected chi connectivity index (χ2v) is 13.2. The average Bonchev–Trinajstić information content (AvgIpc) is 3.33. The Bertz CT molecular complexity index is 1180. The van der Waals surface area contributed by atoms with Crippen LogP contribution < -0.4 is 9.62 Å². The largest absolute Gasteiger partial charge is 0.421 e. The second kappa shape index (κ2) is 9.74. The molecule has 0 bridgehead atoms. The van der Waals surface area contributed by atoms with E-state index in [1.165, 1.54) is 29.4 Å². The normalized spacial score (nSPS) is 20.3. The zero-order valence-electron chi connectivity index (χ0n) is 18.5. The second-order valence-electron chi connectivity index (χ2n) is 8.01. The third-order valence-corrected chi connectivity index (χ3v) is 10.4. The van der Waals surface area contributed by atoms with Crippen LogP contribution in [0.2, 0.25) is 0 Å². The fourth-order valence-corrected chi connectivity index (χ4v) is 6.83. The number of piperazine rings is 1. The number of hydrogen-bond donors (Lipinski definition) is 2. The number of sulfonamides is 2. The lowest BCUT2D eigenvalue weighted by Gasteiger charge is -2.42. The van der Waals surface area contributed by atoms with E-state index >= 15 is 0 Å². The molecule has 1 saturated heterocycles. The molecular formula is C20H26F3N3O5S3. The van der Waals surface area contributed by atoms with Crippen molar-refractivity contribution in [2.45, 2.75) is 35.9 Å². The van der Waals surface area contributed by atoms with Crippen LogP contribution in [0.4, 0.5) is 18.9 Å². The van der Waals surface area contributed by atoms with Crippen LogP contribution in [0, 0.1) is 0 Å². The Kier molecular flexibility index (Phi) is 7.70. The summed E-state index contributed by atoms with van der Waals surface area (Å²) >= 11 is 1.08. The Labute approximate surface area is 201 Å². The van der Waals surface area contributed by atoms with Gasteiger partial charge in [0.15, 0.2) is 5.60 Å². The Morgan fingerprint density at radius 2 is 1.76 bits per heavy atom. The number of aliphatic hydroxyl groups is 1. The Balaban J connectivity index is 1.88. The van der Waals surface area contributed by atoms with Crippen LogP contribution in [0.5, 0.6) is 0 Å². The molecule has 1 fully saturated rings. The van der Waals surface area contributed by atoms with Gasteiger partial charge in [-0.1, -0.05) is 18.2 Å². The lowest BCUT2D eigenvalue weighted by molar-refractivity contribution is -0.258. The van der Waals surface area contributed by atoms with Gasteiger partial charge in [-0.15, -0.1) is 11.3 Å². The van der Waals surface area contributed by atoms with Crippen LogP contribution in [0.15, 0.2) is 46.0 Å². The lowest BCUT2D eigenvalue weighted by Crippen LogP contribution is -2.58. The van der Waals surface area contributed by atoms with Gasteiger partial charge in [0.25, 0.3) is 10.0 Å². The molecule has 0 amide bonds. The van der Waals surface area contributed by atoms with Crippen molar-refractivity contribution in [2.24, 2.45) is 0 Å². The zero-order chi connectivity index (χ0) is 25.4. The van der Waals surface area contributed by atoms with Crippen LogP contribution in [0.3, 0.4) is 0 Å². The number of benzene rings is 1.